The van der Waals surface area contributed by atoms with Gasteiger partial charge >= 0.3 is 0 Å². The predicted molar refractivity (Wildman–Crippen MR) is 78.4 cm³/mol. The standard InChI is InChI=1S/C13H13N3S2/c1-13(2,12-15-6-8-18-12)16-11-9-4-7-17-10(9)3-5-14-11/h3-8H,1-2H3,(H,14,16). The van der Waals surface area contributed by atoms with Crippen LogP contribution in [0.2, 0.25) is 0 Å². The van der Waals surface area contributed by atoms with E-state index in [1.165, 1.54) is 10.1 Å². The molecule has 0 spiro atoms. The van der Waals surface area contributed by atoms with Gasteiger partial charge in [-0.15, -0.1) is 22.7 Å². The minimum absolute atomic E-state index is 0.211. The molecule has 0 saturated carbocycles. The molecule has 3 rings (SSSR count). The van der Waals surface area contributed by atoms with Gasteiger partial charge < -0.3 is 5.32 Å². The van der Waals surface area contributed by atoms with Crippen molar-refractivity contribution in [2.75, 3.05) is 5.32 Å². The van der Waals surface area contributed by atoms with Crippen molar-refractivity contribution in [2.45, 2.75) is 19.4 Å². The fourth-order valence-corrected chi connectivity index (χ4v) is 3.38. The maximum atomic E-state index is 4.45. The summed E-state index contributed by atoms with van der Waals surface area (Å²) in [5.41, 5.74) is -0.211. The van der Waals surface area contributed by atoms with Crippen LogP contribution in [-0.4, -0.2) is 9.97 Å². The maximum absolute atomic E-state index is 4.45. The molecule has 0 bridgehead atoms. The number of thiophene rings is 1. The first-order chi connectivity index (χ1) is 8.67. The zero-order valence-corrected chi connectivity index (χ0v) is 11.8. The number of thiazole rings is 1. The Bertz CT molecular complexity index is 656. The van der Waals surface area contributed by atoms with E-state index >= 15 is 0 Å². The van der Waals surface area contributed by atoms with Crippen LogP contribution in [0, 0.1) is 0 Å². The number of nitrogens with one attached hydrogen (secondary N) is 1. The van der Waals surface area contributed by atoms with Crippen molar-refractivity contribution in [3.63, 3.8) is 0 Å². The van der Waals surface area contributed by atoms with Gasteiger partial charge in [0.05, 0.1) is 5.54 Å². The van der Waals surface area contributed by atoms with E-state index in [1.807, 2.05) is 23.8 Å². The van der Waals surface area contributed by atoms with E-state index in [-0.39, 0.29) is 5.54 Å². The number of nitrogens with zero attached hydrogens (tertiary/aromatic N) is 2. The summed E-state index contributed by atoms with van der Waals surface area (Å²) in [6.07, 6.45) is 3.68. The van der Waals surface area contributed by atoms with Gasteiger partial charge in [0, 0.05) is 27.9 Å². The second-order valence-corrected chi connectivity index (χ2v) is 6.42. The average Bonchev–Trinajstić information content (AvgIpc) is 3.00. The van der Waals surface area contributed by atoms with Gasteiger partial charge in [-0.2, -0.15) is 0 Å². The summed E-state index contributed by atoms with van der Waals surface area (Å²) >= 11 is 3.39. The van der Waals surface area contributed by atoms with Crippen LogP contribution in [-0.2, 0) is 5.54 Å². The molecule has 0 aliphatic heterocycles. The first-order valence-corrected chi connectivity index (χ1v) is 7.43. The van der Waals surface area contributed by atoms with Crippen LogP contribution >= 0.6 is 22.7 Å². The third-order valence-corrected chi connectivity index (χ3v) is 4.76. The summed E-state index contributed by atoms with van der Waals surface area (Å²) in [6.45, 7) is 4.25. The molecule has 0 aliphatic carbocycles. The fourth-order valence-electron chi connectivity index (χ4n) is 1.88. The van der Waals surface area contributed by atoms with Crippen LogP contribution in [0.4, 0.5) is 5.82 Å². The maximum Gasteiger partial charge on any atom is 0.135 e. The van der Waals surface area contributed by atoms with Gasteiger partial charge in [0.15, 0.2) is 0 Å². The van der Waals surface area contributed by atoms with E-state index < -0.39 is 0 Å². The Balaban J connectivity index is 1.99. The predicted octanol–water partition coefficient (Wildman–Crippen LogP) is 4.10. The molecular formula is C13H13N3S2. The van der Waals surface area contributed by atoms with E-state index in [2.05, 4.69) is 40.6 Å². The third kappa shape index (κ3) is 2.00. The number of aromatic nitrogens is 2. The molecule has 0 fully saturated rings. The van der Waals surface area contributed by atoms with Crippen molar-refractivity contribution in [1.82, 2.24) is 9.97 Å². The Labute approximate surface area is 114 Å². The van der Waals surface area contributed by atoms with E-state index in [1.54, 1.807) is 22.7 Å². The molecule has 0 unspecified atom stereocenters. The number of pyridine rings is 1. The van der Waals surface area contributed by atoms with Gasteiger partial charge in [-0.25, -0.2) is 9.97 Å². The lowest BCUT2D eigenvalue weighted by Crippen LogP contribution is -2.28. The van der Waals surface area contributed by atoms with Crippen LogP contribution in [0.15, 0.2) is 35.3 Å². The number of hydrogen-bond donors (Lipinski definition) is 1. The molecule has 3 heterocycles. The molecule has 5 heteroatoms. The number of hydrogen-bond acceptors (Lipinski definition) is 5. The average molecular weight is 275 g/mol. The lowest BCUT2D eigenvalue weighted by molar-refractivity contribution is 0.602. The summed E-state index contributed by atoms with van der Waals surface area (Å²) in [6, 6.07) is 4.15. The molecule has 0 aromatic carbocycles. The Morgan fingerprint density at radius 3 is 2.72 bits per heavy atom. The lowest BCUT2D eigenvalue weighted by Gasteiger charge is -2.24. The molecule has 0 atom stereocenters. The minimum atomic E-state index is -0.211. The van der Waals surface area contributed by atoms with Crippen molar-refractivity contribution in [1.29, 1.82) is 0 Å². The summed E-state index contributed by atoms with van der Waals surface area (Å²) < 4.78 is 1.25. The van der Waals surface area contributed by atoms with Gasteiger partial charge in [-0.3, -0.25) is 0 Å². The fraction of sp³-hybridized carbons (Fsp3) is 0.231. The molecule has 0 radical (unpaired) electrons. The second kappa shape index (κ2) is 4.33. The Hall–Kier alpha value is -1.46. The van der Waals surface area contributed by atoms with Crippen molar-refractivity contribution in [3.8, 4) is 0 Å². The summed E-state index contributed by atoms with van der Waals surface area (Å²) in [5, 5.41) is 9.82. The Morgan fingerprint density at radius 1 is 1.06 bits per heavy atom. The first kappa shape index (κ1) is 11.6. The Kier molecular flexibility index (Phi) is 2.80. The highest BCUT2D eigenvalue weighted by molar-refractivity contribution is 7.17. The molecule has 3 aromatic rings. The number of rotatable bonds is 3. The second-order valence-electron chi connectivity index (χ2n) is 4.58. The molecule has 3 nitrogen and oxygen atoms in total. The van der Waals surface area contributed by atoms with Crippen molar-refractivity contribution in [2.24, 2.45) is 0 Å². The quantitative estimate of drug-likeness (QED) is 0.782. The van der Waals surface area contributed by atoms with E-state index in [9.17, 15) is 0 Å². The molecule has 0 aliphatic rings. The van der Waals surface area contributed by atoms with Crippen LogP contribution in [0.25, 0.3) is 10.1 Å². The van der Waals surface area contributed by atoms with Crippen LogP contribution in [0.5, 0.6) is 0 Å². The topological polar surface area (TPSA) is 37.8 Å². The molecule has 1 N–H and O–H groups in total. The number of anilines is 1. The smallest absolute Gasteiger partial charge is 0.135 e. The zero-order chi connectivity index (χ0) is 12.6. The zero-order valence-electron chi connectivity index (χ0n) is 10.2. The van der Waals surface area contributed by atoms with Crippen molar-refractivity contribution < 1.29 is 0 Å². The van der Waals surface area contributed by atoms with Crippen molar-refractivity contribution in [3.05, 3.63) is 40.3 Å². The van der Waals surface area contributed by atoms with Crippen molar-refractivity contribution >= 4 is 38.6 Å². The molecule has 3 aromatic heterocycles. The largest absolute Gasteiger partial charge is 0.358 e. The SMILES string of the molecule is CC(C)(Nc1nccc2sccc12)c1nccs1. The van der Waals surface area contributed by atoms with E-state index in [0.717, 1.165) is 10.8 Å². The van der Waals surface area contributed by atoms with Gasteiger partial charge in [-0.1, -0.05) is 0 Å². The lowest BCUT2D eigenvalue weighted by atomic mass is 10.1. The molecule has 0 saturated heterocycles. The van der Waals surface area contributed by atoms with Gasteiger partial charge in [0.2, 0.25) is 0 Å². The monoisotopic (exact) mass is 275 g/mol. The summed E-state index contributed by atoms with van der Waals surface area (Å²) in [4.78, 5) is 8.83. The molecule has 0 amide bonds. The third-order valence-electron chi connectivity index (χ3n) is 2.78. The highest BCUT2D eigenvalue weighted by Gasteiger charge is 2.24. The van der Waals surface area contributed by atoms with Crippen LogP contribution in [0.3, 0.4) is 0 Å². The Morgan fingerprint density at radius 2 is 1.94 bits per heavy atom. The summed E-state index contributed by atoms with van der Waals surface area (Å²) in [5.74, 6) is 0.925. The first-order valence-electron chi connectivity index (χ1n) is 5.67. The molecule has 92 valence electrons. The van der Waals surface area contributed by atoms with Gasteiger partial charge in [-0.05, 0) is 31.4 Å². The highest BCUT2D eigenvalue weighted by atomic mass is 32.1. The minimum Gasteiger partial charge on any atom is -0.358 e. The van der Waals surface area contributed by atoms with E-state index in [0.29, 0.717) is 0 Å². The van der Waals surface area contributed by atoms with Gasteiger partial charge in [0.1, 0.15) is 10.8 Å². The normalized spacial score (nSPS) is 11.9. The molecular weight excluding hydrogens is 262 g/mol. The highest BCUT2D eigenvalue weighted by Crippen LogP contribution is 2.31. The van der Waals surface area contributed by atoms with Gasteiger partial charge in [0.25, 0.3) is 0 Å². The van der Waals surface area contributed by atoms with Crippen LogP contribution < -0.4 is 5.32 Å². The van der Waals surface area contributed by atoms with E-state index in [4.69, 9.17) is 0 Å². The summed E-state index contributed by atoms with van der Waals surface area (Å²) in [7, 11) is 0. The van der Waals surface area contributed by atoms with Crippen LogP contribution in [0.1, 0.15) is 18.9 Å². The number of fused-ring (bicyclic) bond motifs is 1. The molecule has 18 heavy (non-hydrogen) atoms.